The van der Waals surface area contributed by atoms with E-state index in [9.17, 15) is 9.59 Å². The maximum absolute atomic E-state index is 12.8. The van der Waals surface area contributed by atoms with Crippen LogP contribution in [0.15, 0.2) is 10.9 Å². The Hall–Kier alpha value is -2.19. The normalized spacial score (nSPS) is 18.5. The lowest BCUT2D eigenvalue weighted by Gasteiger charge is -2.27. The smallest absolute Gasteiger partial charge is 0.276 e. The van der Waals surface area contributed by atoms with E-state index in [1.807, 2.05) is 6.07 Å². The van der Waals surface area contributed by atoms with E-state index in [4.69, 9.17) is 4.74 Å². The summed E-state index contributed by atoms with van der Waals surface area (Å²) in [7, 11) is 1.51. The number of amides is 1. The van der Waals surface area contributed by atoms with Crippen molar-refractivity contribution >= 4 is 11.6 Å². The average molecular weight is 345 g/mol. The summed E-state index contributed by atoms with van der Waals surface area (Å²) in [5.74, 6) is 0.360. The molecule has 4 heterocycles. The Kier molecular flexibility index (Phi) is 4.30. The number of ether oxygens (including phenoxy) is 1. The van der Waals surface area contributed by atoms with Gasteiger partial charge in [-0.1, -0.05) is 0 Å². The van der Waals surface area contributed by atoms with E-state index in [1.54, 1.807) is 9.42 Å². The molecule has 0 unspecified atom stereocenters. The molecule has 2 aliphatic rings. The van der Waals surface area contributed by atoms with Gasteiger partial charge in [0.15, 0.2) is 5.65 Å². The molecule has 4 rings (SSSR count). The zero-order valence-corrected chi connectivity index (χ0v) is 14.4. The van der Waals surface area contributed by atoms with Gasteiger partial charge in [-0.25, -0.2) is 9.50 Å². The van der Waals surface area contributed by atoms with Crippen molar-refractivity contribution in [3.05, 3.63) is 33.4 Å². The van der Waals surface area contributed by atoms with Crippen LogP contribution in [0.4, 0.5) is 0 Å². The summed E-state index contributed by atoms with van der Waals surface area (Å²) < 4.78 is 6.48. The maximum atomic E-state index is 12.8. The lowest BCUT2D eigenvalue weighted by molar-refractivity contribution is -0.136. The predicted octanol–water partition coefficient (Wildman–Crippen LogP) is 0.0207. The summed E-state index contributed by atoms with van der Waals surface area (Å²) in [6.07, 6.45) is 2.64. The molecule has 2 aliphatic heterocycles. The van der Waals surface area contributed by atoms with Crippen LogP contribution in [-0.4, -0.2) is 58.8 Å². The van der Waals surface area contributed by atoms with Gasteiger partial charge in [-0.3, -0.25) is 14.7 Å². The number of aromatic amines is 1. The van der Waals surface area contributed by atoms with Crippen LogP contribution in [0.1, 0.15) is 35.7 Å². The van der Waals surface area contributed by atoms with Crippen molar-refractivity contribution in [2.75, 3.05) is 33.4 Å². The van der Waals surface area contributed by atoms with Crippen molar-refractivity contribution in [3.63, 3.8) is 0 Å². The van der Waals surface area contributed by atoms with Gasteiger partial charge in [0.25, 0.3) is 5.56 Å². The number of carbonyl (C=O) groups is 1. The fraction of sp³-hybridized carbons (Fsp3) is 0.588. The highest BCUT2D eigenvalue weighted by molar-refractivity contribution is 5.77. The molecule has 25 heavy (non-hydrogen) atoms. The van der Waals surface area contributed by atoms with Crippen LogP contribution in [-0.2, 0) is 22.5 Å². The molecule has 1 fully saturated rings. The topological polar surface area (TPSA) is 91.7 Å². The predicted molar refractivity (Wildman–Crippen MR) is 91.7 cm³/mol. The molecular formula is C17H23N5O3. The molecule has 1 amide bonds. The minimum atomic E-state index is -0.0698. The van der Waals surface area contributed by atoms with Crippen LogP contribution >= 0.6 is 0 Å². The molecule has 0 aliphatic carbocycles. The molecule has 0 bridgehead atoms. The standard InChI is InChI=1S/C17H23N5O3/c1-25-10-16(23)21-7-4-12-14(9-21)19-15-8-13(20-22(15)17(12)24)11-2-5-18-6-3-11/h8,11,18,20H,2-7,9-10H2,1H3. The lowest BCUT2D eigenvalue weighted by Crippen LogP contribution is -2.41. The number of methoxy groups -OCH3 is 1. The van der Waals surface area contributed by atoms with Crippen LogP contribution in [0.5, 0.6) is 0 Å². The molecule has 2 N–H and O–H groups in total. The summed E-state index contributed by atoms with van der Waals surface area (Å²) in [5, 5.41) is 6.61. The molecule has 0 spiro atoms. The van der Waals surface area contributed by atoms with Gasteiger partial charge < -0.3 is 15.0 Å². The first-order chi connectivity index (χ1) is 12.2. The lowest BCUT2D eigenvalue weighted by atomic mass is 9.95. The summed E-state index contributed by atoms with van der Waals surface area (Å²) in [4.78, 5) is 31.2. The van der Waals surface area contributed by atoms with Crippen LogP contribution < -0.4 is 10.9 Å². The summed E-state index contributed by atoms with van der Waals surface area (Å²) in [6.45, 7) is 2.95. The number of aromatic nitrogens is 3. The van der Waals surface area contributed by atoms with E-state index in [0.29, 0.717) is 42.3 Å². The maximum Gasteiger partial charge on any atom is 0.276 e. The van der Waals surface area contributed by atoms with Gasteiger partial charge >= 0.3 is 0 Å². The van der Waals surface area contributed by atoms with Crippen molar-refractivity contribution in [2.45, 2.75) is 31.7 Å². The number of fused-ring (bicyclic) bond motifs is 2. The molecule has 0 aromatic carbocycles. The van der Waals surface area contributed by atoms with E-state index in [-0.39, 0.29) is 18.1 Å². The molecule has 8 heteroatoms. The van der Waals surface area contributed by atoms with Crippen molar-refractivity contribution in [1.82, 2.24) is 24.8 Å². The Morgan fingerprint density at radius 3 is 2.96 bits per heavy atom. The van der Waals surface area contributed by atoms with Gasteiger partial charge in [-0.15, -0.1) is 0 Å². The monoisotopic (exact) mass is 345 g/mol. The Morgan fingerprint density at radius 2 is 2.20 bits per heavy atom. The molecule has 0 radical (unpaired) electrons. The Bertz CT molecular complexity index is 850. The number of nitrogens with zero attached hydrogens (tertiary/aromatic N) is 3. The van der Waals surface area contributed by atoms with E-state index in [1.165, 1.54) is 7.11 Å². The highest BCUT2D eigenvalue weighted by Crippen LogP contribution is 2.25. The SMILES string of the molecule is COCC(=O)N1CCc2c(nc3cc(C4CCNCC4)[nH]n3c2=O)C1. The number of H-pyrrole nitrogens is 1. The Balaban J connectivity index is 1.67. The van der Waals surface area contributed by atoms with E-state index >= 15 is 0 Å². The summed E-state index contributed by atoms with van der Waals surface area (Å²) in [6, 6.07) is 1.98. The average Bonchev–Trinajstić information content (AvgIpc) is 3.07. The molecule has 134 valence electrons. The summed E-state index contributed by atoms with van der Waals surface area (Å²) in [5.41, 5.74) is 3.08. The molecule has 1 saturated heterocycles. The number of hydrogen-bond acceptors (Lipinski definition) is 5. The van der Waals surface area contributed by atoms with Crippen LogP contribution in [0.3, 0.4) is 0 Å². The number of carbonyl (C=O) groups excluding carboxylic acids is 1. The third-order valence-corrected chi connectivity index (χ3v) is 5.19. The van der Waals surface area contributed by atoms with Crippen LogP contribution in [0.2, 0.25) is 0 Å². The van der Waals surface area contributed by atoms with Gasteiger partial charge in [0.1, 0.15) is 6.61 Å². The largest absolute Gasteiger partial charge is 0.375 e. The van der Waals surface area contributed by atoms with Gasteiger partial charge in [-0.05, 0) is 32.4 Å². The zero-order chi connectivity index (χ0) is 17.4. The number of hydrogen-bond donors (Lipinski definition) is 2. The zero-order valence-electron chi connectivity index (χ0n) is 14.4. The fourth-order valence-electron chi connectivity index (χ4n) is 3.78. The number of nitrogens with one attached hydrogen (secondary N) is 2. The number of rotatable bonds is 3. The molecular weight excluding hydrogens is 322 g/mol. The number of piperidine rings is 1. The minimum absolute atomic E-state index is 0.0426. The second-order valence-corrected chi connectivity index (χ2v) is 6.77. The Labute approximate surface area is 145 Å². The van der Waals surface area contributed by atoms with Gasteiger partial charge in [0.2, 0.25) is 5.91 Å². The summed E-state index contributed by atoms with van der Waals surface area (Å²) >= 11 is 0. The van der Waals surface area contributed by atoms with Crippen molar-refractivity contribution < 1.29 is 9.53 Å². The third kappa shape index (κ3) is 2.96. The second-order valence-electron chi connectivity index (χ2n) is 6.77. The molecule has 0 atom stereocenters. The van der Waals surface area contributed by atoms with E-state index in [0.717, 1.165) is 31.6 Å². The fourth-order valence-corrected chi connectivity index (χ4v) is 3.78. The van der Waals surface area contributed by atoms with Crippen molar-refractivity contribution in [3.8, 4) is 0 Å². The van der Waals surface area contributed by atoms with E-state index < -0.39 is 0 Å². The highest BCUT2D eigenvalue weighted by Gasteiger charge is 2.26. The second kappa shape index (κ2) is 6.61. The van der Waals surface area contributed by atoms with Crippen molar-refractivity contribution in [2.24, 2.45) is 0 Å². The van der Waals surface area contributed by atoms with Gasteiger partial charge in [0.05, 0.1) is 12.2 Å². The minimum Gasteiger partial charge on any atom is -0.375 e. The van der Waals surface area contributed by atoms with Crippen LogP contribution in [0, 0.1) is 0 Å². The third-order valence-electron chi connectivity index (χ3n) is 5.19. The molecule has 8 nitrogen and oxygen atoms in total. The van der Waals surface area contributed by atoms with Crippen molar-refractivity contribution in [1.29, 1.82) is 0 Å². The van der Waals surface area contributed by atoms with Gasteiger partial charge in [-0.2, -0.15) is 0 Å². The highest BCUT2D eigenvalue weighted by atomic mass is 16.5. The Morgan fingerprint density at radius 1 is 1.40 bits per heavy atom. The first-order valence-corrected chi connectivity index (χ1v) is 8.78. The van der Waals surface area contributed by atoms with Gasteiger partial charge in [0, 0.05) is 36.9 Å². The van der Waals surface area contributed by atoms with E-state index in [2.05, 4.69) is 15.4 Å². The molecule has 2 aromatic rings. The quantitative estimate of drug-likeness (QED) is 0.818. The molecule has 0 saturated carbocycles. The van der Waals surface area contributed by atoms with Crippen LogP contribution in [0.25, 0.3) is 5.65 Å². The first-order valence-electron chi connectivity index (χ1n) is 8.78. The first kappa shape index (κ1) is 16.3. The molecule has 2 aromatic heterocycles.